The smallest absolute Gasteiger partial charge is 0.222 e. The molecule has 0 aliphatic carbocycles. The number of carbonyl (C=O) groups excluding carboxylic acids is 1. The molecule has 1 aromatic rings. The van der Waals surface area contributed by atoms with Crippen molar-refractivity contribution in [3.8, 4) is 5.88 Å². The van der Waals surface area contributed by atoms with E-state index in [1.807, 2.05) is 23.1 Å². The number of aliphatic hydroxyl groups excluding tert-OH is 1. The SMILES string of the molecule is COc1cccc([C@H]2CCC(=O)N3CCC[C@@H](CO)[C@@H]23)n1. The van der Waals surface area contributed by atoms with Crippen molar-refractivity contribution in [2.75, 3.05) is 20.3 Å². The number of aromatic nitrogens is 1. The summed E-state index contributed by atoms with van der Waals surface area (Å²) in [6, 6.07) is 5.85. The summed E-state index contributed by atoms with van der Waals surface area (Å²) in [7, 11) is 1.61. The van der Waals surface area contributed by atoms with Gasteiger partial charge in [0.05, 0.1) is 7.11 Å². The summed E-state index contributed by atoms with van der Waals surface area (Å²) in [5.74, 6) is 1.17. The molecule has 2 saturated heterocycles. The van der Waals surface area contributed by atoms with Crippen molar-refractivity contribution in [2.24, 2.45) is 5.92 Å². The van der Waals surface area contributed by atoms with E-state index in [0.29, 0.717) is 12.3 Å². The van der Waals surface area contributed by atoms with Crippen molar-refractivity contribution in [3.63, 3.8) is 0 Å². The average Bonchev–Trinajstić information content (AvgIpc) is 2.55. The summed E-state index contributed by atoms with van der Waals surface area (Å²) in [5.41, 5.74) is 0.970. The standard InChI is InChI=1S/C16H22N2O3/c1-21-14-6-2-5-13(17-14)12-7-8-15(20)18-9-3-4-11(10-19)16(12)18/h2,5-6,11-12,16,19H,3-4,7-10H2,1H3/t11-,12+,16-/m0/s1. The highest BCUT2D eigenvalue weighted by atomic mass is 16.5. The van der Waals surface area contributed by atoms with Crippen molar-refractivity contribution < 1.29 is 14.6 Å². The lowest BCUT2D eigenvalue weighted by Crippen LogP contribution is -2.55. The highest BCUT2D eigenvalue weighted by Crippen LogP contribution is 2.40. The molecule has 1 N–H and O–H groups in total. The Bertz CT molecular complexity index is 520. The van der Waals surface area contributed by atoms with Crippen molar-refractivity contribution in [1.82, 2.24) is 9.88 Å². The monoisotopic (exact) mass is 290 g/mol. The molecule has 1 aromatic heterocycles. The lowest BCUT2D eigenvalue weighted by molar-refractivity contribution is -0.142. The van der Waals surface area contributed by atoms with Crippen molar-refractivity contribution in [2.45, 2.75) is 37.6 Å². The number of ether oxygens (including phenoxy) is 1. The number of fused-ring (bicyclic) bond motifs is 1. The predicted octanol–water partition coefficient (Wildman–Crippen LogP) is 1.57. The number of aliphatic hydroxyl groups is 1. The highest BCUT2D eigenvalue weighted by molar-refractivity contribution is 5.78. The lowest BCUT2D eigenvalue weighted by Gasteiger charge is -2.47. The molecule has 2 fully saturated rings. The van der Waals surface area contributed by atoms with Crippen LogP contribution in [0.5, 0.6) is 5.88 Å². The first kappa shape index (κ1) is 14.3. The van der Waals surface area contributed by atoms with E-state index in [1.54, 1.807) is 7.11 Å². The van der Waals surface area contributed by atoms with Gasteiger partial charge >= 0.3 is 0 Å². The minimum Gasteiger partial charge on any atom is -0.481 e. The van der Waals surface area contributed by atoms with Gasteiger partial charge in [0.1, 0.15) is 0 Å². The second kappa shape index (κ2) is 6.02. The molecular formula is C16H22N2O3. The van der Waals surface area contributed by atoms with Gasteiger partial charge in [0.2, 0.25) is 11.8 Å². The number of carbonyl (C=O) groups is 1. The number of nitrogens with zero attached hydrogens (tertiary/aromatic N) is 2. The fourth-order valence-electron chi connectivity index (χ4n) is 3.80. The van der Waals surface area contributed by atoms with Gasteiger partial charge < -0.3 is 14.7 Å². The van der Waals surface area contributed by atoms with Gasteiger partial charge in [-0.05, 0) is 25.3 Å². The maximum atomic E-state index is 12.2. The molecule has 0 aromatic carbocycles. The van der Waals surface area contributed by atoms with E-state index < -0.39 is 0 Å². The summed E-state index contributed by atoms with van der Waals surface area (Å²) in [6.07, 6.45) is 3.33. The molecule has 1 amide bonds. The third kappa shape index (κ3) is 2.62. The predicted molar refractivity (Wildman–Crippen MR) is 78.1 cm³/mol. The Morgan fingerprint density at radius 1 is 1.43 bits per heavy atom. The number of amides is 1. The molecule has 0 saturated carbocycles. The highest BCUT2D eigenvalue weighted by Gasteiger charge is 2.43. The summed E-state index contributed by atoms with van der Waals surface area (Å²) >= 11 is 0. The van der Waals surface area contributed by atoms with Gasteiger partial charge in [-0.15, -0.1) is 0 Å². The van der Waals surface area contributed by atoms with Crippen LogP contribution in [-0.4, -0.2) is 47.2 Å². The molecule has 21 heavy (non-hydrogen) atoms. The van der Waals surface area contributed by atoms with E-state index in [2.05, 4.69) is 4.98 Å². The van der Waals surface area contributed by atoms with Gasteiger partial charge in [-0.1, -0.05) is 6.07 Å². The van der Waals surface area contributed by atoms with Gasteiger partial charge in [-0.3, -0.25) is 4.79 Å². The molecule has 2 aliphatic rings. The number of piperidine rings is 2. The van der Waals surface area contributed by atoms with Crippen molar-refractivity contribution in [3.05, 3.63) is 23.9 Å². The zero-order valence-corrected chi connectivity index (χ0v) is 12.4. The maximum absolute atomic E-state index is 12.2. The van der Waals surface area contributed by atoms with Gasteiger partial charge in [0.25, 0.3) is 0 Å². The van der Waals surface area contributed by atoms with Crippen LogP contribution in [0.4, 0.5) is 0 Å². The Morgan fingerprint density at radius 2 is 2.29 bits per heavy atom. The van der Waals surface area contributed by atoms with Crippen LogP contribution in [0.15, 0.2) is 18.2 Å². The molecule has 5 heteroatoms. The maximum Gasteiger partial charge on any atom is 0.222 e. The van der Waals surface area contributed by atoms with E-state index in [-0.39, 0.29) is 30.4 Å². The Kier molecular flexibility index (Phi) is 4.10. The minimum absolute atomic E-state index is 0.0737. The van der Waals surface area contributed by atoms with Crippen LogP contribution in [0.1, 0.15) is 37.3 Å². The molecule has 3 atom stereocenters. The molecule has 0 unspecified atom stereocenters. The summed E-state index contributed by atoms with van der Waals surface area (Å²) < 4.78 is 5.21. The van der Waals surface area contributed by atoms with Crippen molar-refractivity contribution in [1.29, 1.82) is 0 Å². The molecule has 3 heterocycles. The average molecular weight is 290 g/mol. The summed E-state index contributed by atoms with van der Waals surface area (Å²) in [5, 5.41) is 9.70. The van der Waals surface area contributed by atoms with E-state index in [9.17, 15) is 9.90 Å². The van der Waals surface area contributed by atoms with E-state index in [4.69, 9.17) is 4.74 Å². The van der Waals surface area contributed by atoms with Crippen LogP contribution in [0.25, 0.3) is 0 Å². The van der Waals surface area contributed by atoms with Gasteiger partial charge in [-0.25, -0.2) is 4.98 Å². The Labute approximate surface area is 124 Å². The van der Waals surface area contributed by atoms with Crippen LogP contribution in [0, 0.1) is 5.92 Å². The third-order valence-corrected chi connectivity index (χ3v) is 4.79. The normalized spacial score (nSPS) is 29.1. The third-order valence-electron chi connectivity index (χ3n) is 4.79. The largest absolute Gasteiger partial charge is 0.481 e. The number of pyridine rings is 1. The Balaban J connectivity index is 1.93. The van der Waals surface area contributed by atoms with E-state index in [1.165, 1.54) is 0 Å². The molecule has 114 valence electrons. The second-order valence-electron chi connectivity index (χ2n) is 5.91. The Hall–Kier alpha value is -1.62. The van der Waals surface area contributed by atoms with E-state index >= 15 is 0 Å². The van der Waals surface area contributed by atoms with Crippen LogP contribution in [0.2, 0.25) is 0 Å². The van der Waals surface area contributed by atoms with Crippen LogP contribution in [0.3, 0.4) is 0 Å². The van der Waals surface area contributed by atoms with Crippen LogP contribution >= 0.6 is 0 Å². The quantitative estimate of drug-likeness (QED) is 0.918. The molecule has 2 aliphatic heterocycles. The fraction of sp³-hybridized carbons (Fsp3) is 0.625. The van der Waals surface area contributed by atoms with Gasteiger partial charge in [0.15, 0.2) is 0 Å². The van der Waals surface area contributed by atoms with Gasteiger partial charge in [0, 0.05) is 49.2 Å². The first-order chi connectivity index (χ1) is 10.2. The molecule has 0 spiro atoms. The molecule has 0 bridgehead atoms. The molecular weight excluding hydrogens is 268 g/mol. The van der Waals surface area contributed by atoms with E-state index in [0.717, 1.165) is 31.5 Å². The lowest BCUT2D eigenvalue weighted by atomic mass is 9.75. The van der Waals surface area contributed by atoms with Gasteiger partial charge in [-0.2, -0.15) is 0 Å². The topological polar surface area (TPSA) is 62.7 Å². The molecule has 0 radical (unpaired) electrons. The number of hydrogen-bond acceptors (Lipinski definition) is 4. The number of methoxy groups -OCH3 is 1. The number of hydrogen-bond donors (Lipinski definition) is 1. The first-order valence-corrected chi connectivity index (χ1v) is 7.66. The van der Waals surface area contributed by atoms with Crippen LogP contribution in [-0.2, 0) is 4.79 Å². The zero-order valence-electron chi connectivity index (χ0n) is 12.4. The fourth-order valence-corrected chi connectivity index (χ4v) is 3.80. The zero-order chi connectivity index (χ0) is 14.8. The first-order valence-electron chi connectivity index (χ1n) is 7.66. The second-order valence-corrected chi connectivity index (χ2v) is 5.91. The number of rotatable bonds is 3. The molecule has 5 nitrogen and oxygen atoms in total. The minimum atomic E-state index is 0.0737. The summed E-state index contributed by atoms with van der Waals surface area (Å²) in [6.45, 7) is 0.940. The Morgan fingerprint density at radius 3 is 3.05 bits per heavy atom. The molecule has 3 rings (SSSR count). The summed E-state index contributed by atoms with van der Waals surface area (Å²) in [4.78, 5) is 18.7. The van der Waals surface area contributed by atoms with Crippen molar-refractivity contribution >= 4 is 5.91 Å². The van der Waals surface area contributed by atoms with Crippen LogP contribution < -0.4 is 4.74 Å².